The topological polar surface area (TPSA) is 72.2 Å². The van der Waals surface area contributed by atoms with E-state index in [9.17, 15) is 14.9 Å². The fourth-order valence-electron chi connectivity index (χ4n) is 2.21. The average Bonchev–Trinajstić information content (AvgIpc) is 2.75. The highest BCUT2D eigenvalue weighted by Gasteiger charge is 2.28. The number of nitrogens with one attached hydrogen (secondary N) is 1. The van der Waals surface area contributed by atoms with Crippen LogP contribution in [0.2, 0.25) is 10.0 Å². The van der Waals surface area contributed by atoms with Gasteiger partial charge in [-0.1, -0.05) is 35.3 Å². The zero-order valence-corrected chi connectivity index (χ0v) is 12.5. The zero-order valence-electron chi connectivity index (χ0n) is 11.0. The summed E-state index contributed by atoms with van der Waals surface area (Å²) in [6.45, 7) is 0. The Morgan fingerprint density at radius 3 is 2.45 bits per heavy atom. The number of carbonyl (C=O) groups excluding carboxylic acids is 1. The van der Waals surface area contributed by atoms with Crippen LogP contribution in [0, 0.1) is 10.1 Å². The molecule has 110 valence electrons. The Balaban J connectivity index is 2.12. The van der Waals surface area contributed by atoms with Crippen LogP contribution in [-0.2, 0) is 4.79 Å². The van der Waals surface area contributed by atoms with Crippen molar-refractivity contribution in [1.82, 2.24) is 0 Å². The number of carbonyl (C=O) groups is 1. The maximum absolute atomic E-state index is 12.1. The van der Waals surface area contributed by atoms with Crippen molar-refractivity contribution in [3.63, 3.8) is 0 Å². The van der Waals surface area contributed by atoms with E-state index < -0.39 is 4.92 Å². The molecule has 0 saturated carbocycles. The number of hydrogen-bond acceptors (Lipinski definition) is 3. The molecule has 0 bridgehead atoms. The molecule has 2 aromatic rings. The number of amides is 1. The Morgan fingerprint density at radius 2 is 1.82 bits per heavy atom. The molecular formula is C15H8Cl2N2O3. The molecule has 0 saturated heterocycles. The molecule has 0 unspecified atom stereocenters. The number of rotatable bonds is 2. The summed E-state index contributed by atoms with van der Waals surface area (Å²) in [7, 11) is 0. The molecule has 0 spiro atoms. The van der Waals surface area contributed by atoms with Crippen molar-refractivity contribution < 1.29 is 9.72 Å². The van der Waals surface area contributed by atoms with Crippen molar-refractivity contribution in [3.8, 4) is 0 Å². The van der Waals surface area contributed by atoms with Crippen LogP contribution in [0.1, 0.15) is 11.1 Å². The SMILES string of the molecule is O=C1Nc2cc(Cl)c([N+](=O)[O-])cc2/C1=C\c1ccc(Cl)cc1. The minimum Gasteiger partial charge on any atom is -0.321 e. The van der Waals surface area contributed by atoms with Gasteiger partial charge in [0.25, 0.3) is 11.6 Å². The average molecular weight is 335 g/mol. The van der Waals surface area contributed by atoms with Crippen molar-refractivity contribution in [1.29, 1.82) is 0 Å². The standard InChI is InChI=1S/C15H8Cl2N2O3/c16-9-3-1-8(2-4-9)5-11-10-6-14(19(21)22)12(17)7-13(10)18-15(11)20/h1-7H,(H,18,20)/b11-5+. The highest BCUT2D eigenvalue weighted by molar-refractivity contribution is 6.37. The van der Waals surface area contributed by atoms with E-state index in [4.69, 9.17) is 23.2 Å². The van der Waals surface area contributed by atoms with Crippen molar-refractivity contribution in [2.45, 2.75) is 0 Å². The van der Waals surface area contributed by atoms with Gasteiger partial charge in [-0.3, -0.25) is 14.9 Å². The van der Waals surface area contributed by atoms with Crippen LogP contribution in [0.15, 0.2) is 36.4 Å². The fraction of sp³-hybridized carbons (Fsp3) is 0. The summed E-state index contributed by atoms with van der Waals surface area (Å²) in [6, 6.07) is 9.60. The second-order valence-electron chi connectivity index (χ2n) is 4.67. The van der Waals surface area contributed by atoms with Gasteiger partial charge in [0.2, 0.25) is 0 Å². The third-order valence-electron chi connectivity index (χ3n) is 3.25. The summed E-state index contributed by atoms with van der Waals surface area (Å²) in [5.74, 6) is -0.332. The van der Waals surface area contributed by atoms with E-state index in [1.807, 2.05) is 0 Å². The molecule has 5 nitrogen and oxygen atoms in total. The van der Waals surface area contributed by atoms with Gasteiger partial charge in [0.15, 0.2) is 0 Å². The van der Waals surface area contributed by atoms with Gasteiger partial charge in [-0.25, -0.2) is 0 Å². The van der Waals surface area contributed by atoms with Gasteiger partial charge >= 0.3 is 0 Å². The Kier molecular flexibility index (Phi) is 3.60. The van der Waals surface area contributed by atoms with Gasteiger partial charge in [0.1, 0.15) is 5.02 Å². The Labute approximate surface area is 135 Å². The predicted molar refractivity (Wildman–Crippen MR) is 86.1 cm³/mol. The van der Waals surface area contributed by atoms with E-state index in [0.29, 0.717) is 21.8 Å². The van der Waals surface area contributed by atoms with Crippen LogP contribution in [0.3, 0.4) is 0 Å². The summed E-state index contributed by atoms with van der Waals surface area (Å²) in [5, 5.41) is 14.2. The lowest BCUT2D eigenvalue weighted by atomic mass is 10.0. The predicted octanol–water partition coefficient (Wildman–Crippen LogP) is 4.39. The molecule has 0 atom stereocenters. The maximum Gasteiger partial charge on any atom is 0.288 e. The largest absolute Gasteiger partial charge is 0.321 e. The quantitative estimate of drug-likeness (QED) is 0.502. The molecule has 0 radical (unpaired) electrons. The van der Waals surface area contributed by atoms with Gasteiger partial charge in [-0.05, 0) is 29.8 Å². The Bertz CT molecular complexity index is 829. The van der Waals surface area contributed by atoms with E-state index in [1.165, 1.54) is 12.1 Å². The summed E-state index contributed by atoms with van der Waals surface area (Å²) in [5.41, 5.74) is 1.79. The Morgan fingerprint density at radius 1 is 1.14 bits per heavy atom. The minimum atomic E-state index is -0.578. The summed E-state index contributed by atoms with van der Waals surface area (Å²) < 4.78 is 0. The van der Waals surface area contributed by atoms with Crippen molar-refractivity contribution in [3.05, 3.63) is 67.7 Å². The van der Waals surface area contributed by atoms with Crippen molar-refractivity contribution in [2.24, 2.45) is 0 Å². The van der Waals surface area contributed by atoms with Crippen molar-refractivity contribution >= 4 is 52.1 Å². The van der Waals surface area contributed by atoms with E-state index in [-0.39, 0.29) is 16.6 Å². The Hall–Kier alpha value is -2.37. The summed E-state index contributed by atoms with van der Waals surface area (Å²) >= 11 is 11.7. The van der Waals surface area contributed by atoms with Crippen molar-refractivity contribution in [2.75, 3.05) is 5.32 Å². The molecule has 1 N–H and O–H groups in total. The molecule has 0 aromatic heterocycles. The first-order valence-corrected chi connectivity index (χ1v) is 6.98. The number of fused-ring (bicyclic) bond motifs is 1. The molecule has 3 rings (SSSR count). The molecule has 2 aromatic carbocycles. The van der Waals surface area contributed by atoms with Gasteiger partial charge < -0.3 is 5.32 Å². The maximum atomic E-state index is 12.1. The number of nitro groups is 1. The molecular weight excluding hydrogens is 327 g/mol. The van der Waals surface area contributed by atoms with Crippen LogP contribution in [0.25, 0.3) is 11.6 Å². The van der Waals surface area contributed by atoms with Gasteiger partial charge in [-0.2, -0.15) is 0 Å². The van der Waals surface area contributed by atoms with E-state index in [1.54, 1.807) is 30.3 Å². The first kappa shape index (κ1) is 14.6. The number of hydrogen-bond donors (Lipinski definition) is 1. The number of nitrogens with zero attached hydrogens (tertiary/aromatic N) is 1. The van der Waals surface area contributed by atoms with Gasteiger partial charge in [0, 0.05) is 22.2 Å². The molecule has 0 fully saturated rings. The molecule has 7 heteroatoms. The lowest BCUT2D eigenvalue weighted by Gasteiger charge is -2.01. The smallest absolute Gasteiger partial charge is 0.288 e. The molecule has 1 amide bonds. The first-order valence-electron chi connectivity index (χ1n) is 6.22. The normalized spacial score (nSPS) is 14.8. The van der Waals surface area contributed by atoms with E-state index in [2.05, 4.69) is 5.32 Å². The molecule has 1 aliphatic rings. The van der Waals surface area contributed by atoms with Crippen LogP contribution < -0.4 is 5.32 Å². The fourth-order valence-corrected chi connectivity index (χ4v) is 2.57. The second-order valence-corrected chi connectivity index (χ2v) is 5.51. The molecule has 0 aliphatic carbocycles. The first-order chi connectivity index (χ1) is 10.5. The number of nitro benzene ring substituents is 1. The monoisotopic (exact) mass is 334 g/mol. The number of halogens is 2. The number of anilines is 1. The van der Waals surface area contributed by atoms with Gasteiger partial charge in [-0.15, -0.1) is 0 Å². The van der Waals surface area contributed by atoms with Crippen LogP contribution in [-0.4, -0.2) is 10.8 Å². The van der Waals surface area contributed by atoms with Gasteiger partial charge in [0.05, 0.1) is 10.6 Å². The van der Waals surface area contributed by atoms with E-state index >= 15 is 0 Å². The highest BCUT2D eigenvalue weighted by Crippen LogP contribution is 2.39. The van der Waals surface area contributed by atoms with Crippen LogP contribution in [0.5, 0.6) is 0 Å². The molecule has 1 heterocycles. The zero-order chi connectivity index (χ0) is 15.9. The summed E-state index contributed by atoms with van der Waals surface area (Å²) in [4.78, 5) is 22.5. The number of benzene rings is 2. The third kappa shape index (κ3) is 2.56. The molecule has 1 aliphatic heterocycles. The van der Waals surface area contributed by atoms with Crippen LogP contribution >= 0.6 is 23.2 Å². The van der Waals surface area contributed by atoms with E-state index in [0.717, 1.165) is 5.56 Å². The molecule has 22 heavy (non-hydrogen) atoms. The lowest BCUT2D eigenvalue weighted by molar-refractivity contribution is -0.384. The summed E-state index contributed by atoms with van der Waals surface area (Å²) in [6.07, 6.45) is 1.65. The third-order valence-corrected chi connectivity index (χ3v) is 3.80. The van der Waals surface area contributed by atoms with Crippen LogP contribution in [0.4, 0.5) is 11.4 Å². The lowest BCUT2D eigenvalue weighted by Crippen LogP contribution is -2.03. The minimum absolute atomic E-state index is 0.0169. The highest BCUT2D eigenvalue weighted by atomic mass is 35.5. The second kappa shape index (κ2) is 5.44.